The number of thioether (sulfide) groups is 1. The van der Waals surface area contributed by atoms with E-state index in [-0.39, 0.29) is 6.04 Å². The summed E-state index contributed by atoms with van der Waals surface area (Å²) >= 11 is 1.70. The molecule has 0 amide bonds. The van der Waals surface area contributed by atoms with Gasteiger partial charge in [-0.1, -0.05) is 36.0 Å². The van der Waals surface area contributed by atoms with Crippen molar-refractivity contribution >= 4 is 11.8 Å². The van der Waals surface area contributed by atoms with Crippen LogP contribution in [0.1, 0.15) is 28.6 Å². The molecule has 2 aromatic rings. The van der Waals surface area contributed by atoms with Crippen molar-refractivity contribution < 1.29 is 0 Å². The predicted octanol–water partition coefficient (Wildman–Crippen LogP) is 2.81. The van der Waals surface area contributed by atoms with Gasteiger partial charge in [-0.2, -0.15) is 0 Å². The van der Waals surface area contributed by atoms with Gasteiger partial charge in [0.15, 0.2) is 5.16 Å². The van der Waals surface area contributed by atoms with E-state index in [0.717, 1.165) is 23.0 Å². The van der Waals surface area contributed by atoms with Crippen LogP contribution in [-0.4, -0.2) is 15.2 Å². The van der Waals surface area contributed by atoms with E-state index >= 15 is 0 Å². The highest BCUT2D eigenvalue weighted by Crippen LogP contribution is 2.38. The number of hydrogen-bond acceptors (Lipinski definition) is 4. The van der Waals surface area contributed by atoms with Crippen molar-refractivity contribution in [2.75, 3.05) is 0 Å². The van der Waals surface area contributed by atoms with Crippen LogP contribution in [0.5, 0.6) is 0 Å². The number of aromatic nitrogens is 2. The fourth-order valence-electron chi connectivity index (χ4n) is 2.59. The molecule has 19 heavy (non-hydrogen) atoms. The van der Waals surface area contributed by atoms with Gasteiger partial charge in [-0.15, -0.1) is 0 Å². The highest BCUT2D eigenvalue weighted by Gasteiger charge is 2.30. The van der Waals surface area contributed by atoms with Crippen molar-refractivity contribution in [3.05, 3.63) is 52.8 Å². The van der Waals surface area contributed by atoms with Crippen LogP contribution in [0, 0.1) is 13.8 Å². The molecular formula is C15H17N3S. The van der Waals surface area contributed by atoms with Crippen LogP contribution in [0.2, 0.25) is 0 Å². The largest absolute Gasteiger partial charge is 0.323 e. The van der Waals surface area contributed by atoms with E-state index in [2.05, 4.69) is 34.2 Å². The van der Waals surface area contributed by atoms with Gasteiger partial charge in [-0.3, -0.25) is 0 Å². The molecule has 3 nitrogen and oxygen atoms in total. The fourth-order valence-corrected chi connectivity index (χ4v) is 3.81. The van der Waals surface area contributed by atoms with Crippen LogP contribution in [0.15, 0.2) is 35.5 Å². The summed E-state index contributed by atoms with van der Waals surface area (Å²) in [6.07, 6.45) is 0.998. The summed E-state index contributed by atoms with van der Waals surface area (Å²) in [6.45, 7) is 4.00. The number of benzene rings is 1. The molecule has 0 fully saturated rings. The Morgan fingerprint density at radius 1 is 1.16 bits per heavy atom. The van der Waals surface area contributed by atoms with Crippen LogP contribution >= 0.6 is 11.8 Å². The second-order valence-corrected chi connectivity index (χ2v) is 6.22. The lowest BCUT2D eigenvalue weighted by atomic mass is 10.1. The standard InChI is InChI=1S/C15H17N3S/c1-9-7-10(2)18-15(17-9)19-13-8-11-5-3-4-6-12(11)14(13)16/h3-7,13-14H,8,16H2,1-2H3. The summed E-state index contributed by atoms with van der Waals surface area (Å²) in [5.74, 6) is 0. The van der Waals surface area contributed by atoms with Crippen LogP contribution in [0.25, 0.3) is 0 Å². The molecule has 2 N–H and O–H groups in total. The number of hydrogen-bond donors (Lipinski definition) is 1. The van der Waals surface area contributed by atoms with Gasteiger partial charge in [0.25, 0.3) is 0 Å². The van der Waals surface area contributed by atoms with Crippen molar-refractivity contribution in [1.29, 1.82) is 0 Å². The summed E-state index contributed by atoms with van der Waals surface area (Å²) in [5.41, 5.74) is 11.0. The van der Waals surface area contributed by atoms with Crippen molar-refractivity contribution in [1.82, 2.24) is 9.97 Å². The Hall–Kier alpha value is -1.39. The predicted molar refractivity (Wildman–Crippen MR) is 78.2 cm³/mol. The van der Waals surface area contributed by atoms with Crippen molar-refractivity contribution in [3.8, 4) is 0 Å². The molecule has 2 atom stereocenters. The van der Waals surface area contributed by atoms with Crippen molar-refractivity contribution in [2.24, 2.45) is 5.73 Å². The van der Waals surface area contributed by atoms with E-state index < -0.39 is 0 Å². The molecule has 0 aliphatic heterocycles. The second-order valence-electron chi connectivity index (χ2n) is 5.02. The second kappa shape index (κ2) is 4.94. The zero-order chi connectivity index (χ0) is 13.4. The Bertz CT molecular complexity index is 592. The first-order chi connectivity index (χ1) is 9.13. The van der Waals surface area contributed by atoms with Crippen molar-refractivity contribution in [3.63, 3.8) is 0 Å². The third-order valence-corrected chi connectivity index (χ3v) is 4.61. The van der Waals surface area contributed by atoms with Crippen LogP contribution in [-0.2, 0) is 6.42 Å². The van der Waals surface area contributed by atoms with Gasteiger partial charge >= 0.3 is 0 Å². The summed E-state index contributed by atoms with van der Waals surface area (Å²) in [7, 11) is 0. The summed E-state index contributed by atoms with van der Waals surface area (Å²) in [6, 6.07) is 10.5. The van der Waals surface area contributed by atoms with Crippen LogP contribution in [0.4, 0.5) is 0 Å². The monoisotopic (exact) mass is 271 g/mol. The Kier molecular flexibility index (Phi) is 3.29. The SMILES string of the molecule is Cc1cc(C)nc(SC2Cc3ccccc3C2N)n1. The maximum Gasteiger partial charge on any atom is 0.188 e. The zero-order valence-corrected chi connectivity index (χ0v) is 11.9. The summed E-state index contributed by atoms with van der Waals surface area (Å²) in [4.78, 5) is 8.98. The Morgan fingerprint density at radius 3 is 2.53 bits per heavy atom. The zero-order valence-electron chi connectivity index (χ0n) is 11.1. The first-order valence-corrected chi connectivity index (χ1v) is 7.34. The van der Waals surface area contributed by atoms with E-state index in [0.29, 0.717) is 5.25 Å². The number of nitrogens with two attached hydrogens (primary N) is 1. The van der Waals surface area contributed by atoms with Gasteiger partial charge in [-0.05, 0) is 37.5 Å². The maximum absolute atomic E-state index is 6.34. The number of fused-ring (bicyclic) bond motifs is 1. The van der Waals surface area contributed by atoms with E-state index in [1.165, 1.54) is 11.1 Å². The highest BCUT2D eigenvalue weighted by molar-refractivity contribution is 7.99. The molecule has 0 bridgehead atoms. The average molecular weight is 271 g/mol. The maximum atomic E-state index is 6.34. The molecule has 3 rings (SSSR count). The van der Waals surface area contributed by atoms with Crippen LogP contribution in [0.3, 0.4) is 0 Å². The molecule has 0 spiro atoms. The van der Waals surface area contributed by atoms with Crippen molar-refractivity contribution in [2.45, 2.75) is 36.7 Å². The number of nitrogens with zero attached hydrogens (tertiary/aromatic N) is 2. The summed E-state index contributed by atoms with van der Waals surface area (Å²) < 4.78 is 0. The van der Waals surface area contributed by atoms with Gasteiger partial charge in [0, 0.05) is 22.7 Å². The normalized spacial score (nSPS) is 21.4. The lowest BCUT2D eigenvalue weighted by Crippen LogP contribution is -2.19. The Labute approximate surface area is 117 Å². The van der Waals surface area contributed by atoms with E-state index in [1.54, 1.807) is 11.8 Å². The molecule has 4 heteroatoms. The Balaban J connectivity index is 1.82. The third kappa shape index (κ3) is 2.51. The molecular weight excluding hydrogens is 254 g/mol. The fraction of sp³-hybridized carbons (Fsp3) is 0.333. The molecule has 1 aromatic heterocycles. The quantitative estimate of drug-likeness (QED) is 0.853. The van der Waals surface area contributed by atoms with E-state index in [9.17, 15) is 0 Å². The molecule has 0 saturated carbocycles. The minimum atomic E-state index is 0.0746. The third-order valence-electron chi connectivity index (χ3n) is 3.45. The molecule has 1 aromatic carbocycles. The number of rotatable bonds is 2. The molecule has 0 saturated heterocycles. The van der Waals surface area contributed by atoms with E-state index in [4.69, 9.17) is 5.73 Å². The highest BCUT2D eigenvalue weighted by atomic mass is 32.2. The van der Waals surface area contributed by atoms with Gasteiger partial charge in [0.05, 0.1) is 0 Å². The van der Waals surface area contributed by atoms with Gasteiger partial charge in [0.2, 0.25) is 0 Å². The molecule has 1 aliphatic rings. The molecule has 98 valence electrons. The molecule has 1 aliphatic carbocycles. The Morgan fingerprint density at radius 2 is 1.84 bits per heavy atom. The minimum Gasteiger partial charge on any atom is -0.323 e. The summed E-state index contributed by atoms with van der Waals surface area (Å²) in [5, 5.41) is 1.17. The average Bonchev–Trinajstić information content (AvgIpc) is 2.66. The van der Waals surface area contributed by atoms with Gasteiger partial charge < -0.3 is 5.73 Å². The molecule has 1 heterocycles. The lowest BCUT2D eigenvalue weighted by molar-refractivity contribution is 0.726. The first-order valence-electron chi connectivity index (χ1n) is 6.46. The van der Waals surface area contributed by atoms with Gasteiger partial charge in [-0.25, -0.2) is 9.97 Å². The first kappa shape index (κ1) is 12.6. The van der Waals surface area contributed by atoms with Gasteiger partial charge in [0.1, 0.15) is 0 Å². The minimum absolute atomic E-state index is 0.0746. The smallest absolute Gasteiger partial charge is 0.188 e. The molecule has 2 unspecified atom stereocenters. The number of aryl methyl sites for hydroxylation is 2. The molecule has 0 radical (unpaired) electrons. The topological polar surface area (TPSA) is 51.8 Å². The van der Waals surface area contributed by atoms with Crippen LogP contribution < -0.4 is 5.73 Å². The lowest BCUT2D eigenvalue weighted by Gasteiger charge is -2.14. The van der Waals surface area contributed by atoms with E-state index in [1.807, 2.05) is 19.9 Å².